The molecule has 1 aromatic rings. The third kappa shape index (κ3) is 2.30. The van der Waals surface area contributed by atoms with Crippen molar-refractivity contribution < 1.29 is 9.84 Å². The van der Waals surface area contributed by atoms with Crippen LogP contribution in [-0.2, 0) is 11.3 Å². The monoisotopic (exact) mass is 211 g/mol. The fourth-order valence-electron chi connectivity index (χ4n) is 1.90. The van der Waals surface area contributed by atoms with Crippen LogP contribution in [0.15, 0.2) is 6.07 Å². The van der Waals surface area contributed by atoms with Crippen LogP contribution in [0, 0.1) is 0 Å². The lowest BCUT2D eigenvalue weighted by Crippen LogP contribution is -2.16. The molecule has 5 nitrogen and oxygen atoms in total. The quantitative estimate of drug-likeness (QED) is 0.756. The van der Waals surface area contributed by atoms with Gasteiger partial charge in [0, 0.05) is 18.6 Å². The van der Waals surface area contributed by atoms with E-state index in [1.807, 2.05) is 6.07 Å². The highest BCUT2D eigenvalue weighted by Crippen LogP contribution is 2.25. The molecule has 0 spiro atoms. The van der Waals surface area contributed by atoms with Gasteiger partial charge in [0.15, 0.2) is 0 Å². The van der Waals surface area contributed by atoms with E-state index >= 15 is 0 Å². The van der Waals surface area contributed by atoms with E-state index in [2.05, 4.69) is 5.10 Å². The Balaban J connectivity index is 2.10. The van der Waals surface area contributed by atoms with Gasteiger partial charge in [-0.25, -0.2) is 4.68 Å². The minimum atomic E-state index is 0.0620. The highest BCUT2D eigenvalue weighted by Gasteiger charge is 2.19. The minimum absolute atomic E-state index is 0.0620. The number of aliphatic hydroxyl groups excluding tert-OH is 1. The number of rotatable bonds is 3. The topological polar surface area (TPSA) is 73.3 Å². The highest BCUT2D eigenvalue weighted by molar-refractivity contribution is 5.32. The second-order valence-electron chi connectivity index (χ2n) is 3.85. The smallest absolute Gasteiger partial charge is 0.122 e. The minimum Gasteiger partial charge on any atom is -0.394 e. The summed E-state index contributed by atoms with van der Waals surface area (Å²) in [6, 6.07) is 1.88. The number of aliphatic hydroxyl groups is 1. The first-order valence-corrected chi connectivity index (χ1v) is 5.33. The number of aromatic nitrogens is 2. The van der Waals surface area contributed by atoms with E-state index in [0.29, 0.717) is 18.3 Å². The predicted molar refractivity (Wildman–Crippen MR) is 56.5 cm³/mol. The van der Waals surface area contributed by atoms with Gasteiger partial charge in [-0.2, -0.15) is 5.10 Å². The van der Waals surface area contributed by atoms with Crippen molar-refractivity contribution in [2.75, 3.05) is 25.6 Å². The zero-order valence-electron chi connectivity index (χ0n) is 8.72. The molecule has 3 N–H and O–H groups in total. The van der Waals surface area contributed by atoms with Gasteiger partial charge in [-0.05, 0) is 12.8 Å². The number of nitrogens with two attached hydrogens (primary N) is 1. The molecule has 0 saturated carbocycles. The summed E-state index contributed by atoms with van der Waals surface area (Å²) in [5, 5.41) is 13.2. The second-order valence-corrected chi connectivity index (χ2v) is 3.85. The van der Waals surface area contributed by atoms with Gasteiger partial charge >= 0.3 is 0 Å². The van der Waals surface area contributed by atoms with Gasteiger partial charge in [0.1, 0.15) is 5.82 Å². The van der Waals surface area contributed by atoms with E-state index < -0.39 is 0 Å². The fourth-order valence-corrected chi connectivity index (χ4v) is 1.90. The van der Waals surface area contributed by atoms with Crippen molar-refractivity contribution >= 4 is 5.82 Å². The van der Waals surface area contributed by atoms with E-state index in [0.717, 1.165) is 31.7 Å². The molecule has 0 amide bonds. The molecular weight excluding hydrogens is 194 g/mol. The molecule has 5 heteroatoms. The lowest BCUT2D eigenvalue weighted by atomic mass is 9.99. The van der Waals surface area contributed by atoms with Gasteiger partial charge in [0.2, 0.25) is 0 Å². The van der Waals surface area contributed by atoms with Gasteiger partial charge in [-0.3, -0.25) is 0 Å². The number of hydrogen-bond acceptors (Lipinski definition) is 4. The summed E-state index contributed by atoms with van der Waals surface area (Å²) in [7, 11) is 0. The molecule has 1 saturated heterocycles. The molecule has 1 aromatic heterocycles. The summed E-state index contributed by atoms with van der Waals surface area (Å²) in [6.45, 7) is 2.10. The highest BCUT2D eigenvalue weighted by atomic mass is 16.5. The number of nitrogens with zero attached hydrogens (tertiary/aromatic N) is 2. The van der Waals surface area contributed by atoms with Crippen LogP contribution in [0.3, 0.4) is 0 Å². The van der Waals surface area contributed by atoms with Crippen molar-refractivity contribution in [1.82, 2.24) is 9.78 Å². The fraction of sp³-hybridized carbons (Fsp3) is 0.700. The second kappa shape index (κ2) is 4.63. The Hall–Kier alpha value is -1.07. The van der Waals surface area contributed by atoms with E-state index in [9.17, 15) is 0 Å². The number of hydrogen-bond donors (Lipinski definition) is 2. The van der Waals surface area contributed by atoms with Crippen molar-refractivity contribution in [3.8, 4) is 0 Å². The first-order chi connectivity index (χ1) is 7.31. The maximum absolute atomic E-state index is 8.82. The molecule has 2 heterocycles. The molecule has 1 fully saturated rings. The van der Waals surface area contributed by atoms with Crippen molar-refractivity contribution in [3.63, 3.8) is 0 Å². The maximum atomic E-state index is 8.82. The van der Waals surface area contributed by atoms with E-state index in [4.69, 9.17) is 15.6 Å². The van der Waals surface area contributed by atoms with Gasteiger partial charge in [-0.1, -0.05) is 0 Å². The van der Waals surface area contributed by atoms with E-state index in [-0.39, 0.29) is 6.61 Å². The van der Waals surface area contributed by atoms with Crippen LogP contribution in [0.2, 0.25) is 0 Å². The molecule has 2 rings (SSSR count). The van der Waals surface area contributed by atoms with Crippen molar-refractivity contribution in [3.05, 3.63) is 11.8 Å². The summed E-state index contributed by atoms with van der Waals surface area (Å²) in [6.07, 6.45) is 2.19. The third-order valence-corrected chi connectivity index (χ3v) is 2.72. The van der Waals surface area contributed by atoms with E-state index in [1.165, 1.54) is 0 Å². The summed E-state index contributed by atoms with van der Waals surface area (Å²) >= 11 is 0. The normalized spacial score (nSPS) is 21.8. The number of ether oxygens (including phenoxy) is 1. The summed E-state index contributed by atoms with van der Waals surface area (Å²) in [4.78, 5) is 0. The zero-order valence-corrected chi connectivity index (χ0v) is 8.72. The van der Waals surface area contributed by atoms with Gasteiger partial charge in [0.25, 0.3) is 0 Å². The number of anilines is 1. The summed E-state index contributed by atoms with van der Waals surface area (Å²) in [5.41, 5.74) is 6.77. The molecule has 1 aliphatic heterocycles. The Morgan fingerprint density at radius 1 is 1.67 bits per heavy atom. The predicted octanol–water partition coefficient (Wildman–Crippen LogP) is 0.352. The molecule has 15 heavy (non-hydrogen) atoms. The van der Waals surface area contributed by atoms with Gasteiger partial charge < -0.3 is 15.6 Å². The van der Waals surface area contributed by atoms with Crippen LogP contribution in [0.25, 0.3) is 0 Å². The Morgan fingerprint density at radius 3 is 3.20 bits per heavy atom. The van der Waals surface area contributed by atoms with Crippen LogP contribution in [0.5, 0.6) is 0 Å². The average Bonchev–Trinajstić information content (AvgIpc) is 2.63. The molecule has 1 unspecified atom stereocenters. The SMILES string of the molecule is Nc1cc(C2CCCOC2)nn1CCO. The van der Waals surface area contributed by atoms with Crippen LogP contribution in [0.4, 0.5) is 5.82 Å². The summed E-state index contributed by atoms with van der Waals surface area (Å²) in [5.74, 6) is 0.977. The molecule has 0 aliphatic carbocycles. The summed E-state index contributed by atoms with van der Waals surface area (Å²) < 4.78 is 7.05. The Kier molecular flexibility index (Phi) is 3.23. The number of nitrogen functional groups attached to an aromatic ring is 1. The van der Waals surface area contributed by atoms with Crippen LogP contribution in [0.1, 0.15) is 24.5 Å². The van der Waals surface area contributed by atoms with Crippen LogP contribution >= 0.6 is 0 Å². The lowest BCUT2D eigenvalue weighted by Gasteiger charge is -2.19. The largest absolute Gasteiger partial charge is 0.394 e. The molecule has 0 bridgehead atoms. The third-order valence-electron chi connectivity index (χ3n) is 2.72. The van der Waals surface area contributed by atoms with Gasteiger partial charge in [-0.15, -0.1) is 0 Å². The molecule has 0 aromatic carbocycles. The molecule has 1 atom stereocenters. The Bertz CT molecular complexity index is 318. The van der Waals surface area contributed by atoms with Crippen LogP contribution in [-0.4, -0.2) is 34.7 Å². The maximum Gasteiger partial charge on any atom is 0.122 e. The Morgan fingerprint density at radius 2 is 2.53 bits per heavy atom. The van der Waals surface area contributed by atoms with Crippen molar-refractivity contribution in [2.24, 2.45) is 0 Å². The average molecular weight is 211 g/mol. The molecular formula is C10H17N3O2. The lowest BCUT2D eigenvalue weighted by molar-refractivity contribution is 0.0790. The molecule has 1 aliphatic rings. The van der Waals surface area contributed by atoms with Crippen molar-refractivity contribution in [2.45, 2.75) is 25.3 Å². The van der Waals surface area contributed by atoms with E-state index in [1.54, 1.807) is 4.68 Å². The standard InChI is InChI=1S/C10H17N3O2/c11-10-6-9(12-13(10)3-4-14)8-2-1-5-15-7-8/h6,8,14H,1-5,7,11H2. The first-order valence-electron chi connectivity index (χ1n) is 5.33. The van der Waals surface area contributed by atoms with Crippen LogP contribution < -0.4 is 5.73 Å². The molecule has 84 valence electrons. The van der Waals surface area contributed by atoms with Gasteiger partial charge in [0.05, 0.1) is 25.5 Å². The van der Waals surface area contributed by atoms with Crippen molar-refractivity contribution in [1.29, 1.82) is 0 Å². The Labute approximate surface area is 88.8 Å². The first kappa shape index (κ1) is 10.4. The zero-order chi connectivity index (χ0) is 10.7. The molecule has 0 radical (unpaired) electrons.